The number of aromatic nitrogens is 2. The first-order chi connectivity index (χ1) is 12.0. The lowest BCUT2D eigenvalue weighted by Gasteiger charge is -2.17. The molecule has 0 unspecified atom stereocenters. The molecule has 6 nitrogen and oxygen atoms in total. The minimum Gasteiger partial charge on any atom is -0.481 e. The lowest BCUT2D eigenvalue weighted by Crippen LogP contribution is -2.31. The van der Waals surface area contributed by atoms with Gasteiger partial charge in [0, 0.05) is 36.8 Å². The maximum atomic E-state index is 12.9. The number of benzene rings is 1. The van der Waals surface area contributed by atoms with Crippen molar-refractivity contribution in [1.82, 2.24) is 14.7 Å². The summed E-state index contributed by atoms with van der Waals surface area (Å²) >= 11 is 5.92. The smallest absolute Gasteiger partial charge is 0.308 e. The third-order valence-corrected chi connectivity index (χ3v) is 4.85. The van der Waals surface area contributed by atoms with E-state index in [0.29, 0.717) is 23.8 Å². The molecule has 0 radical (unpaired) electrons. The van der Waals surface area contributed by atoms with Gasteiger partial charge in [-0.15, -0.1) is 0 Å². The number of aliphatic carboxylic acids is 1. The predicted octanol–water partition coefficient (Wildman–Crippen LogP) is 2.89. The minimum absolute atomic E-state index is 0.173. The number of halogens is 1. The summed E-state index contributed by atoms with van der Waals surface area (Å²) in [7, 11) is 0. The Bertz CT molecular complexity index is 772. The van der Waals surface area contributed by atoms with Gasteiger partial charge in [-0.1, -0.05) is 30.7 Å². The van der Waals surface area contributed by atoms with Crippen molar-refractivity contribution in [3.05, 3.63) is 52.8 Å². The number of amides is 1. The van der Waals surface area contributed by atoms with Crippen molar-refractivity contribution in [3.8, 4) is 0 Å². The van der Waals surface area contributed by atoms with Gasteiger partial charge in [0.15, 0.2) is 0 Å². The van der Waals surface area contributed by atoms with E-state index in [9.17, 15) is 14.7 Å². The predicted molar refractivity (Wildman–Crippen MR) is 93.7 cm³/mol. The standard InChI is InChI=1S/C18H20ClN3O3/c1-2-9-22-16(7-8-20-22)17(23)21-10-14(15(11-21)18(24)25)12-3-5-13(19)6-4-12/h3-8,14-15H,2,9-11H2,1H3,(H,24,25)/t14-,15+/m0/s1. The van der Waals surface area contributed by atoms with E-state index in [1.54, 1.807) is 34.0 Å². The van der Waals surface area contributed by atoms with Gasteiger partial charge in [-0.3, -0.25) is 14.3 Å². The van der Waals surface area contributed by atoms with Crippen molar-refractivity contribution in [1.29, 1.82) is 0 Å². The van der Waals surface area contributed by atoms with Crippen LogP contribution in [0.5, 0.6) is 0 Å². The number of carboxylic acid groups (broad SMARTS) is 1. The largest absolute Gasteiger partial charge is 0.481 e. The summed E-state index contributed by atoms with van der Waals surface area (Å²) in [5.74, 6) is -1.94. The van der Waals surface area contributed by atoms with Crippen LogP contribution in [-0.4, -0.2) is 44.8 Å². The molecule has 7 heteroatoms. The molecule has 1 fully saturated rings. The molecule has 0 aliphatic carbocycles. The molecule has 2 atom stereocenters. The molecule has 0 saturated carbocycles. The van der Waals surface area contributed by atoms with Gasteiger partial charge >= 0.3 is 5.97 Å². The van der Waals surface area contributed by atoms with Crippen molar-refractivity contribution < 1.29 is 14.7 Å². The van der Waals surface area contributed by atoms with Crippen LogP contribution in [0.1, 0.15) is 35.3 Å². The van der Waals surface area contributed by atoms with Crippen LogP contribution in [0.3, 0.4) is 0 Å². The van der Waals surface area contributed by atoms with Crippen LogP contribution in [0.25, 0.3) is 0 Å². The summed E-state index contributed by atoms with van der Waals surface area (Å²) < 4.78 is 1.67. The number of likely N-dealkylation sites (tertiary alicyclic amines) is 1. The fraction of sp³-hybridized carbons (Fsp3) is 0.389. The van der Waals surface area contributed by atoms with Crippen molar-refractivity contribution >= 4 is 23.5 Å². The van der Waals surface area contributed by atoms with E-state index in [1.165, 1.54) is 0 Å². The third-order valence-electron chi connectivity index (χ3n) is 4.59. The molecule has 132 valence electrons. The molecule has 3 rings (SSSR count). The Morgan fingerprint density at radius 2 is 1.96 bits per heavy atom. The number of hydrogen-bond donors (Lipinski definition) is 1. The Morgan fingerprint density at radius 3 is 2.60 bits per heavy atom. The first kappa shape index (κ1) is 17.5. The van der Waals surface area contributed by atoms with Gasteiger partial charge < -0.3 is 10.0 Å². The summed E-state index contributed by atoms with van der Waals surface area (Å²) in [6.07, 6.45) is 2.47. The summed E-state index contributed by atoms with van der Waals surface area (Å²) in [6, 6.07) is 8.84. The summed E-state index contributed by atoms with van der Waals surface area (Å²) in [6.45, 7) is 3.24. The Labute approximate surface area is 151 Å². The molecule has 0 bridgehead atoms. The quantitative estimate of drug-likeness (QED) is 0.888. The van der Waals surface area contributed by atoms with Gasteiger partial charge in [-0.05, 0) is 30.2 Å². The highest BCUT2D eigenvalue weighted by atomic mass is 35.5. The van der Waals surface area contributed by atoms with Crippen molar-refractivity contribution in [2.45, 2.75) is 25.8 Å². The molecule has 1 saturated heterocycles. The highest BCUT2D eigenvalue weighted by Gasteiger charge is 2.41. The molecule has 1 aliphatic rings. The number of carbonyl (C=O) groups is 2. The third kappa shape index (κ3) is 3.54. The average molecular weight is 362 g/mol. The van der Waals surface area contributed by atoms with E-state index in [1.807, 2.05) is 19.1 Å². The molecule has 1 amide bonds. The van der Waals surface area contributed by atoms with Crippen LogP contribution in [-0.2, 0) is 11.3 Å². The van der Waals surface area contributed by atoms with Crippen LogP contribution in [0.2, 0.25) is 5.02 Å². The van der Waals surface area contributed by atoms with E-state index >= 15 is 0 Å². The second-order valence-electron chi connectivity index (χ2n) is 6.25. The molecule has 1 aromatic heterocycles. The second-order valence-corrected chi connectivity index (χ2v) is 6.69. The Balaban J connectivity index is 1.84. The molecule has 1 N–H and O–H groups in total. The van der Waals surface area contributed by atoms with Crippen LogP contribution in [0, 0.1) is 5.92 Å². The van der Waals surface area contributed by atoms with E-state index in [0.717, 1.165) is 12.0 Å². The van der Waals surface area contributed by atoms with E-state index in [-0.39, 0.29) is 18.4 Å². The second kappa shape index (κ2) is 7.27. The summed E-state index contributed by atoms with van der Waals surface area (Å²) in [5, 5.41) is 14.4. The molecule has 25 heavy (non-hydrogen) atoms. The van der Waals surface area contributed by atoms with Gasteiger partial charge in [0.1, 0.15) is 5.69 Å². The fourth-order valence-electron chi connectivity index (χ4n) is 3.33. The Kier molecular flexibility index (Phi) is 5.08. The Morgan fingerprint density at radius 1 is 1.24 bits per heavy atom. The van der Waals surface area contributed by atoms with E-state index < -0.39 is 11.9 Å². The highest BCUT2D eigenvalue weighted by Crippen LogP contribution is 2.34. The van der Waals surface area contributed by atoms with Gasteiger partial charge in [-0.25, -0.2) is 0 Å². The van der Waals surface area contributed by atoms with Crippen molar-refractivity contribution in [2.24, 2.45) is 5.92 Å². The summed E-state index contributed by atoms with van der Waals surface area (Å²) in [5.41, 5.74) is 1.39. The van der Waals surface area contributed by atoms with Crippen LogP contribution < -0.4 is 0 Å². The van der Waals surface area contributed by atoms with Gasteiger partial charge in [-0.2, -0.15) is 5.10 Å². The van der Waals surface area contributed by atoms with Crippen LogP contribution in [0.15, 0.2) is 36.5 Å². The molecule has 2 heterocycles. The zero-order chi connectivity index (χ0) is 18.0. The lowest BCUT2D eigenvalue weighted by atomic mass is 9.89. The van der Waals surface area contributed by atoms with Gasteiger partial charge in [0.25, 0.3) is 5.91 Å². The number of aryl methyl sites for hydroxylation is 1. The van der Waals surface area contributed by atoms with Crippen molar-refractivity contribution in [3.63, 3.8) is 0 Å². The van der Waals surface area contributed by atoms with Crippen LogP contribution in [0.4, 0.5) is 0 Å². The molecule has 1 aromatic carbocycles. The van der Waals surface area contributed by atoms with Gasteiger partial charge in [0.05, 0.1) is 5.92 Å². The Hall–Kier alpha value is -2.34. The zero-order valence-electron chi connectivity index (χ0n) is 13.9. The number of rotatable bonds is 5. The summed E-state index contributed by atoms with van der Waals surface area (Å²) in [4.78, 5) is 26.2. The van der Waals surface area contributed by atoms with Crippen LogP contribution >= 0.6 is 11.6 Å². The first-order valence-corrected chi connectivity index (χ1v) is 8.68. The lowest BCUT2D eigenvalue weighted by molar-refractivity contribution is -0.141. The minimum atomic E-state index is -0.891. The maximum absolute atomic E-state index is 12.9. The molecular formula is C18H20ClN3O3. The van der Waals surface area contributed by atoms with E-state index in [2.05, 4.69) is 5.10 Å². The molecular weight excluding hydrogens is 342 g/mol. The highest BCUT2D eigenvalue weighted by molar-refractivity contribution is 6.30. The first-order valence-electron chi connectivity index (χ1n) is 8.30. The topological polar surface area (TPSA) is 75.4 Å². The number of carbonyl (C=O) groups excluding carboxylic acids is 1. The van der Waals surface area contributed by atoms with Gasteiger partial charge in [0.2, 0.25) is 0 Å². The number of nitrogens with zero attached hydrogens (tertiary/aromatic N) is 3. The maximum Gasteiger partial charge on any atom is 0.308 e. The number of hydrogen-bond acceptors (Lipinski definition) is 3. The monoisotopic (exact) mass is 361 g/mol. The fourth-order valence-corrected chi connectivity index (χ4v) is 3.46. The van der Waals surface area contributed by atoms with Crippen molar-refractivity contribution in [2.75, 3.05) is 13.1 Å². The van der Waals surface area contributed by atoms with E-state index in [4.69, 9.17) is 11.6 Å². The zero-order valence-corrected chi connectivity index (χ0v) is 14.7. The average Bonchev–Trinajstić information content (AvgIpc) is 3.22. The normalized spacial score (nSPS) is 20.0. The molecule has 1 aliphatic heterocycles. The molecule has 2 aromatic rings. The SMILES string of the molecule is CCCn1nccc1C(=O)N1C[C@@H](C(=O)O)[C@H](c2ccc(Cl)cc2)C1. The number of carboxylic acids is 1. The molecule has 0 spiro atoms.